The SMILES string of the molecule is CC(C)[C@H](NC(=O)[C@H](CS)NC(=O)[C@H](C)N)C(=O)N[C@@H](C)C(N)=O. The fourth-order valence-corrected chi connectivity index (χ4v) is 1.92. The summed E-state index contributed by atoms with van der Waals surface area (Å²) in [5.41, 5.74) is 10.5. The molecule has 0 saturated carbocycles. The van der Waals surface area contributed by atoms with E-state index in [0.29, 0.717) is 0 Å². The fourth-order valence-electron chi connectivity index (χ4n) is 1.66. The van der Waals surface area contributed by atoms with Crippen LogP contribution in [0.25, 0.3) is 0 Å². The third kappa shape index (κ3) is 7.18. The van der Waals surface area contributed by atoms with E-state index in [1.807, 2.05) is 0 Å². The van der Waals surface area contributed by atoms with Gasteiger partial charge in [0.2, 0.25) is 23.6 Å². The molecule has 0 radical (unpaired) electrons. The Bertz CT molecular complexity index is 484. The minimum absolute atomic E-state index is 0.0361. The molecule has 24 heavy (non-hydrogen) atoms. The summed E-state index contributed by atoms with van der Waals surface area (Å²) in [6, 6.07) is -3.47. The third-order valence-corrected chi connectivity index (χ3v) is 3.63. The zero-order valence-corrected chi connectivity index (χ0v) is 15.2. The lowest BCUT2D eigenvalue weighted by atomic mass is 10.0. The normalized spacial score (nSPS) is 15.8. The van der Waals surface area contributed by atoms with Crippen LogP contribution < -0.4 is 27.4 Å². The maximum Gasteiger partial charge on any atom is 0.244 e. The summed E-state index contributed by atoms with van der Waals surface area (Å²) >= 11 is 4.03. The second-order valence-corrected chi connectivity index (χ2v) is 6.26. The van der Waals surface area contributed by atoms with Gasteiger partial charge in [0.05, 0.1) is 6.04 Å². The van der Waals surface area contributed by atoms with Gasteiger partial charge in [-0.15, -0.1) is 0 Å². The Kier molecular flexibility index (Phi) is 9.37. The summed E-state index contributed by atoms with van der Waals surface area (Å²) < 4.78 is 0. The van der Waals surface area contributed by atoms with Gasteiger partial charge in [-0.25, -0.2) is 0 Å². The molecule has 0 aromatic heterocycles. The highest BCUT2D eigenvalue weighted by molar-refractivity contribution is 7.80. The number of amides is 4. The van der Waals surface area contributed by atoms with Gasteiger partial charge in [-0.3, -0.25) is 19.2 Å². The summed E-state index contributed by atoms with van der Waals surface area (Å²) in [4.78, 5) is 47.2. The van der Waals surface area contributed by atoms with Crippen molar-refractivity contribution in [3.63, 3.8) is 0 Å². The first kappa shape index (κ1) is 22.2. The van der Waals surface area contributed by atoms with E-state index in [9.17, 15) is 19.2 Å². The van der Waals surface area contributed by atoms with Gasteiger partial charge >= 0.3 is 0 Å². The van der Waals surface area contributed by atoms with Crippen molar-refractivity contribution >= 4 is 36.3 Å². The van der Waals surface area contributed by atoms with Crippen molar-refractivity contribution in [1.29, 1.82) is 0 Å². The highest BCUT2D eigenvalue weighted by Crippen LogP contribution is 2.04. The van der Waals surface area contributed by atoms with Gasteiger partial charge in [0.1, 0.15) is 18.1 Å². The second-order valence-electron chi connectivity index (χ2n) is 5.90. The number of hydrogen-bond acceptors (Lipinski definition) is 6. The average Bonchev–Trinajstić information content (AvgIpc) is 2.48. The molecule has 0 bridgehead atoms. The van der Waals surface area contributed by atoms with Crippen LogP contribution in [-0.2, 0) is 19.2 Å². The lowest BCUT2D eigenvalue weighted by Crippen LogP contribution is -2.58. The highest BCUT2D eigenvalue weighted by Gasteiger charge is 2.29. The molecular weight excluding hydrogens is 334 g/mol. The molecule has 0 saturated heterocycles. The first-order chi connectivity index (χ1) is 11.0. The van der Waals surface area contributed by atoms with Crippen molar-refractivity contribution in [2.24, 2.45) is 17.4 Å². The van der Waals surface area contributed by atoms with E-state index in [-0.39, 0.29) is 11.7 Å². The Morgan fingerprint density at radius 2 is 1.46 bits per heavy atom. The van der Waals surface area contributed by atoms with E-state index in [1.54, 1.807) is 13.8 Å². The zero-order chi connectivity index (χ0) is 19.0. The molecule has 0 heterocycles. The van der Waals surface area contributed by atoms with E-state index in [2.05, 4.69) is 28.6 Å². The predicted octanol–water partition coefficient (Wildman–Crippen LogP) is -2.12. The van der Waals surface area contributed by atoms with Crippen molar-refractivity contribution in [3.05, 3.63) is 0 Å². The van der Waals surface area contributed by atoms with Crippen LogP contribution in [0.1, 0.15) is 27.7 Å². The molecule has 4 amide bonds. The second kappa shape index (κ2) is 10.1. The monoisotopic (exact) mass is 361 g/mol. The molecule has 4 atom stereocenters. The first-order valence-corrected chi connectivity index (χ1v) is 8.21. The number of primary amides is 1. The van der Waals surface area contributed by atoms with Crippen molar-refractivity contribution in [1.82, 2.24) is 16.0 Å². The van der Waals surface area contributed by atoms with Gasteiger partial charge in [0.15, 0.2) is 0 Å². The van der Waals surface area contributed by atoms with E-state index in [0.717, 1.165) is 0 Å². The van der Waals surface area contributed by atoms with Gasteiger partial charge in [-0.2, -0.15) is 12.6 Å². The molecule has 9 nitrogen and oxygen atoms in total. The summed E-state index contributed by atoms with van der Waals surface area (Å²) in [6.07, 6.45) is 0. The molecule has 138 valence electrons. The summed E-state index contributed by atoms with van der Waals surface area (Å²) in [5.74, 6) is -2.51. The minimum Gasteiger partial charge on any atom is -0.368 e. The quantitative estimate of drug-likeness (QED) is 0.259. The lowest BCUT2D eigenvalue weighted by molar-refractivity contribution is -0.133. The predicted molar refractivity (Wildman–Crippen MR) is 93.0 cm³/mol. The molecule has 0 aromatic rings. The van der Waals surface area contributed by atoms with E-state index in [1.165, 1.54) is 13.8 Å². The fraction of sp³-hybridized carbons (Fsp3) is 0.714. The van der Waals surface area contributed by atoms with Crippen molar-refractivity contribution < 1.29 is 19.2 Å². The Morgan fingerprint density at radius 1 is 0.917 bits per heavy atom. The Balaban J connectivity index is 4.97. The lowest BCUT2D eigenvalue weighted by Gasteiger charge is -2.25. The van der Waals surface area contributed by atoms with Crippen LogP contribution in [0, 0.1) is 5.92 Å². The Labute approximate surface area is 147 Å². The molecule has 7 N–H and O–H groups in total. The zero-order valence-electron chi connectivity index (χ0n) is 14.3. The minimum atomic E-state index is -0.936. The van der Waals surface area contributed by atoms with Crippen molar-refractivity contribution in [2.75, 3.05) is 5.75 Å². The molecule has 0 aliphatic rings. The maximum atomic E-state index is 12.3. The van der Waals surface area contributed by atoms with E-state index >= 15 is 0 Å². The van der Waals surface area contributed by atoms with Crippen LogP contribution in [0.4, 0.5) is 0 Å². The van der Waals surface area contributed by atoms with Crippen LogP contribution in [-0.4, -0.2) is 53.5 Å². The van der Waals surface area contributed by atoms with Gasteiger partial charge in [0.25, 0.3) is 0 Å². The molecule has 10 heteroatoms. The Morgan fingerprint density at radius 3 is 1.83 bits per heavy atom. The van der Waals surface area contributed by atoms with Gasteiger partial charge in [-0.1, -0.05) is 13.8 Å². The number of thiol groups is 1. The van der Waals surface area contributed by atoms with Crippen LogP contribution in [0.15, 0.2) is 0 Å². The van der Waals surface area contributed by atoms with Crippen LogP contribution in [0.5, 0.6) is 0 Å². The molecule has 0 rings (SSSR count). The smallest absolute Gasteiger partial charge is 0.244 e. The molecule has 0 aliphatic carbocycles. The average molecular weight is 361 g/mol. The van der Waals surface area contributed by atoms with Gasteiger partial charge < -0.3 is 27.4 Å². The number of nitrogens with two attached hydrogens (primary N) is 2. The third-order valence-electron chi connectivity index (χ3n) is 3.26. The number of hydrogen-bond donors (Lipinski definition) is 6. The molecule has 0 aliphatic heterocycles. The van der Waals surface area contributed by atoms with Gasteiger partial charge in [0, 0.05) is 5.75 Å². The van der Waals surface area contributed by atoms with Crippen molar-refractivity contribution in [3.8, 4) is 0 Å². The van der Waals surface area contributed by atoms with Crippen LogP contribution in [0.2, 0.25) is 0 Å². The summed E-state index contributed by atoms with van der Waals surface area (Å²) in [7, 11) is 0. The van der Waals surface area contributed by atoms with Gasteiger partial charge in [-0.05, 0) is 19.8 Å². The molecular formula is C14H27N5O4S. The number of carbonyl (C=O) groups excluding carboxylic acids is 4. The molecule has 0 aromatic carbocycles. The number of rotatable bonds is 9. The summed E-state index contributed by atoms with van der Waals surface area (Å²) in [5, 5.41) is 7.43. The maximum absolute atomic E-state index is 12.3. The molecule has 0 fully saturated rings. The standard InChI is InChI=1S/C14H27N5O4S/c1-6(2)10(14(23)17-8(4)11(16)20)19-13(22)9(5-24)18-12(21)7(3)15/h6-10,24H,5,15H2,1-4H3,(H2,16,20)(H,17,23)(H,18,21)(H,19,22)/t7-,8-,9-,10-/m0/s1. The number of carbonyl (C=O) groups is 4. The topological polar surface area (TPSA) is 156 Å². The Hall–Kier alpha value is -1.81. The highest BCUT2D eigenvalue weighted by atomic mass is 32.1. The number of nitrogens with one attached hydrogen (secondary N) is 3. The van der Waals surface area contributed by atoms with E-state index in [4.69, 9.17) is 11.5 Å². The first-order valence-electron chi connectivity index (χ1n) is 7.58. The van der Waals surface area contributed by atoms with Crippen molar-refractivity contribution in [2.45, 2.75) is 51.9 Å². The largest absolute Gasteiger partial charge is 0.368 e. The van der Waals surface area contributed by atoms with Crippen LogP contribution in [0.3, 0.4) is 0 Å². The molecule has 0 spiro atoms. The molecule has 0 unspecified atom stereocenters. The van der Waals surface area contributed by atoms with E-state index < -0.39 is 47.8 Å². The van der Waals surface area contributed by atoms with Crippen LogP contribution >= 0.6 is 12.6 Å². The summed E-state index contributed by atoms with van der Waals surface area (Å²) in [6.45, 7) is 6.39.